The third-order valence-corrected chi connectivity index (χ3v) is 4.23. The molecular formula is C20H18ClN3O3. The van der Waals surface area contributed by atoms with E-state index in [4.69, 9.17) is 16.0 Å². The molecule has 2 amide bonds. The summed E-state index contributed by atoms with van der Waals surface area (Å²) in [5.74, 6) is 0.592. The number of carbonyl (C=O) groups is 2. The minimum atomic E-state index is -0.315. The fraction of sp³-hybridized carbons (Fsp3) is 0.150. The van der Waals surface area contributed by atoms with Gasteiger partial charge in [-0.2, -0.15) is 0 Å². The summed E-state index contributed by atoms with van der Waals surface area (Å²) in [7, 11) is 0. The molecule has 0 aliphatic rings. The summed E-state index contributed by atoms with van der Waals surface area (Å²) in [6.45, 7) is 3.80. The number of aromatic nitrogens is 1. The van der Waals surface area contributed by atoms with Crippen LogP contribution >= 0.6 is 11.6 Å². The second-order valence-electron chi connectivity index (χ2n) is 5.98. The summed E-state index contributed by atoms with van der Waals surface area (Å²) < 4.78 is 5.37. The van der Waals surface area contributed by atoms with Crippen molar-refractivity contribution in [3.63, 3.8) is 0 Å². The van der Waals surface area contributed by atoms with Crippen LogP contribution in [-0.2, 0) is 6.54 Å². The van der Waals surface area contributed by atoms with Crippen LogP contribution in [0, 0.1) is 13.8 Å². The minimum Gasteiger partial charge on any atom is -0.466 e. The number of carbonyl (C=O) groups excluding carboxylic acids is 2. The van der Waals surface area contributed by atoms with Crippen molar-refractivity contribution in [1.29, 1.82) is 0 Å². The van der Waals surface area contributed by atoms with Gasteiger partial charge in [-0.05, 0) is 50.2 Å². The van der Waals surface area contributed by atoms with Gasteiger partial charge in [0.15, 0.2) is 0 Å². The first-order valence-corrected chi connectivity index (χ1v) is 8.68. The molecule has 0 fully saturated rings. The van der Waals surface area contributed by atoms with Gasteiger partial charge in [0.25, 0.3) is 11.8 Å². The van der Waals surface area contributed by atoms with Gasteiger partial charge in [-0.25, -0.2) is 0 Å². The molecule has 2 aromatic heterocycles. The molecule has 27 heavy (non-hydrogen) atoms. The molecule has 6 nitrogen and oxygen atoms in total. The Bertz CT molecular complexity index is 983. The van der Waals surface area contributed by atoms with Crippen LogP contribution in [0.3, 0.4) is 0 Å². The topological polar surface area (TPSA) is 84.2 Å². The molecule has 0 saturated carbocycles. The molecule has 0 aliphatic heterocycles. The summed E-state index contributed by atoms with van der Waals surface area (Å²) in [4.78, 5) is 28.8. The number of furan rings is 1. The monoisotopic (exact) mass is 383 g/mol. The van der Waals surface area contributed by atoms with E-state index < -0.39 is 0 Å². The number of aryl methyl sites for hydroxylation is 2. The first-order chi connectivity index (χ1) is 12.9. The predicted molar refractivity (Wildman–Crippen MR) is 103 cm³/mol. The molecule has 0 spiro atoms. The van der Waals surface area contributed by atoms with E-state index in [1.807, 2.05) is 18.2 Å². The van der Waals surface area contributed by atoms with Crippen LogP contribution in [0.5, 0.6) is 0 Å². The van der Waals surface area contributed by atoms with Gasteiger partial charge in [-0.15, -0.1) is 0 Å². The fourth-order valence-electron chi connectivity index (χ4n) is 2.60. The molecule has 2 heterocycles. The number of amides is 2. The van der Waals surface area contributed by atoms with Crippen molar-refractivity contribution in [3.05, 3.63) is 82.0 Å². The van der Waals surface area contributed by atoms with Gasteiger partial charge < -0.3 is 15.1 Å². The molecule has 0 radical (unpaired) electrons. The lowest BCUT2D eigenvalue weighted by Crippen LogP contribution is -2.23. The summed E-state index contributed by atoms with van der Waals surface area (Å²) in [6.07, 6.45) is 1.66. The van der Waals surface area contributed by atoms with Crippen molar-refractivity contribution in [2.75, 3.05) is 5.32 Å². The Morgan fingerprint density at radius 1 is 1.07 bits per heavy atom. The van der Waals surface area contributed by atoms with Crippen molar-refractivity contribution in [2.24, 2.45) is 0 Å². The zero-order valence-corrected chi connectivity index (χ0v) is 15.6. The zero-order chi connectivity index (χ0) is 19.4. The second kappa shape index (κ2) is 8.05. The first-order valence-electron chi connectivity index (χ1n) is 8.30. The Morgan fingerprint density at radius 2 is 1.89 bits per heavy atom. The molecule has 2 N–H and O–H groups in total. The average molecular weight is 384 g/mol. The Balaban J connectivity index is 1.67. The molecule has 1 aromatic carbocycles. The van der Waals surface area contributed by atoms with Crippen molar-refractivity contribution >= 4 is 29.1 Å². The van der Waals surface area contributed by atoms with Crippen molar-refractivity contribution < 1.29 is 14.0 Å². The van der Waals surface area contributed by atoms with Crippen molar-refractivity contribution in [2.45, 2.75) is 20.4 Å². The summed E-state index contributed by atoms with van der Waals surface area (Å²) in [5.41, 5.74) is 2.02. The van der Waals surface area contributed by atoms with Gasteiger partial charge in [0, 0.05) is 11.9 Å². The molecule has 7 heteroatoms. The molecule has 0 saturated heterocycles. The van der Waals surface area contributed by atoms with E-state index in [1.165, 1.54) is 6.07 Å². The summed E-state index contributed by atoms with van der Waals surface area (Å²) in [5, 5.41) is 5.76. The number of hydrogen-bond acceptors (Lipinski definition) is 4. The standard InChI is InChI=1S/C20H18ClN3O3/c1-12-9-17(13(2)27-12)20(26)24-14-6-7-16(18(21)10-14)19(25)23-11-15-5-3-4-8-22-15/h3-10H,11H2,1-2H3,(H,23,25)(H,24,26). The van der Waals surface area contributed by atoms with Crippen molar-refractivity contribution in [3.8, 4) is 0 Å². The Kier molecular flexibility index (Phi) is 5.57. The largest absolute Gasteiger partial charge is 0.466 e. The third kappa shape index (κ3) is 4.54. The Hall–Kier alpha value is -3.12. The molecule has 3 aromatic rings. The van der Waals surface area contributed by atoms with Crippen LogP contribution in [0.2, 0.25) is 5.02 Å². The van der Waals surface area contributed by atoms with Gasteiger partial charge in [0.1, 0.15) is 11.5 Å². The number of pyridine rings is 1. The van der Waals surface area contributed by atoms with Crippen LogP contribution in [0.4, 0.5) is 5.69 Å². The van der Waals surface area contributed by atoms with Gasteiger partial charge in [-0.1, -0.05) is 17.7 Å². The van der Waals surface area contributed by atoms with E-state index >= 15 is 0 Å². The molecule has 0 atom stereocenters. The van der Waals surface area contributed by atoms with Crippen LogP contribution in [0.15, 0.2) is 53.1 Å². The number of nitrogens with zero attached hydrogens (tertiary/aromatic N) is 1. The van der Waals surface area contributed by atoms with Crippen LogP contribution in [0.1, 0.15) is 37.9 Å². The number of hydrogen-bond donors (Lipinski definition) is 2. The van der Waals surface area contributed by atoms with Gasteiger partial charge in [0.05, 0.1) is 28.4 Å². The van der Waals surface area contributed by atoms with Crippen LogP contribution in [-0.4, -0.2) is 16.8 Å². The average Bonchev–Trinajstić information content (AvgIpc) is 2.99. The normalized spacial score (nSPS) is 10.5. The van der Waals surface area contributed by atoms with Crippen molar-refractivity contribution in [1.82, 2.24) is 10.3 Å². The highest BCUT2D eigenvalue weighted by molar-refractivity contribution is 6.34. The van der Waals surface area contributed by atoms with E-state index in [2.05, 4.69) is 15.6 Å². The Morgan fingerprint density at radius 3 is 2.52 bits per heavy atom. The third-order valence-electron chi connectivity index (χ3n) is 3.91. The first kappa shape index (κ1) is 18.7. The van der Waals surface area contributed by atoms with Crippen LogP contribution < -0.4 is 10.6 Å². The molecule has 138 valence electrons. The van der Waals surface area contributed by atoms with Gasteiger partial charge in [-0.3, -0.25) is 14.6 Å². The lowest BCUT2D eigenvalue weighted by molar-refractivity contribution is 0.0950. The number of halogens is 1. The maximum atomic E-state index is 12.3. The highest BCUT2D eigenvalue weighted by atomic mass is 35.5. The maximum Gasteiger partial charge on any atom is 0.259 e. The van der Waals surface area contributed by atoms with E-state index in [9.17, 15) is 9.59 Å². The molecule has 3 rings (SSSR count). The lowest BCUT2D eigenvalue weighted by atomic mass is 10.1. The smallest absolute Gasteiger partial charge is 0.259 e. The van der Waals surface area contributed by atoms with Gasteiger partial charge in [0.2, 0.25) is 0 Å². The van der Waals surface area contributed by atoms with E-state index in [0.717, 1.165) is 5.69 Å². The van der Waals surface area contributed by atoms with Gasteiger partial charge >= 0.3 is 0 Å². The molecule has 0 unspecified atom stereocenters. The number of anilines is 1. The Labute approximate surface area is 161 Å². The van der Waals surface area contributed by atoms with Crippen LogP contribution in [0.25, 0.3) is 0 Å². The van der Waals surface area contributed by atoms with E-state index in [0.29, 0.717) is 34.9 Å². The fourth-order valence-corrected chi connectivity index (χ4v) is 2.87. The SMILES string of the molecule is Cc1cc(C(=O)Nc2ccc(C(=O)NCc3ccccn3)c(Cl)c2)c(C)o1. The predicted octanol–water partition coefficient (Wildman–Crippen LogP) is 4.13. The minimum absolute atomic E-state index is 0.242. The second-order valence-corrected chi connectivity index (χ2v) is 6.39. The number of nitrogens with one attached hydrogen (secondary N) is 2. The quantitative estimate of drug-likeness (QED) is 0.693. The maximum absolute atomic E-state index is 12.3. The zero-order valence-electron chi connectivity index (χ0n) is 14.9. The molecular weight excluding hydrogens is 366 g/mol. The van der Waals surface area contributed by atoms with E-state index in [1.54, 1.807) is 38.2 Å². The molecule has 0 aliphatic carbocycles. The lowest BCUT2D eigenvalue weighted by Gasteiger charge is -2.09. The number of rotatable bonds is 5. The summed E-state index contributed by atoms with van der Waals surface area (Å²) >= 11 is 6.22. The molecule has 0 bridgehead atoms. The number of benzene rings is 1. The highest BCUT2D eigenvalue weighted by Gasteiger charge is 2.15. The summed E-state index contributed by atoms with van der Waals surface area (Å²) in [6, 6.07) is 11.9. The van der Waals surface area contributed by atoms with E-state index in [-0.39, 0.29) is 16.8 Å². The highest BCUT2D eigenvalue weighted by Crippen LogP contribution is 2.22.